The van der Waals surface area contributed by atoms with Gasteiger partial charge in [-0.2, -0.15) is 4.39 Å². The molecule has 1 aromatic rings. The first-order valence-electron chi connectivity index (χ1n) is 6.62. The predicted octanol–water partition coefficient (Wildman–Crippen LogP) is 2.85. The van der Waals surface area contributed by atoms with Gasteiger partial charge in [-0.15, -0.1) is 0 Å². The second kappa shape index (κ2) is 6.95. The van der Waals surface area contributed by atoms with Crippen LogP contribution in [0, 0.1) is 22.9 Å². The number of rotatable bonds is 7. The fraction of sp³-hybridized carbons (Fsp3) is 0.538. The van der Waals surface area contributed by atoms with Crippen molar-refractivity contribution in [3.8, 4) is 0 Å². The average Bonchev–Trinajstić information content (AvgIpc) is 2.41. The van der Waals surface area contributed by atoms with Gasteiger partial charge in [-0.25, -0.2) is 12.7 Å². The first kappa shape index (κ1) is 17.5. The van der Waals surface area contributed by atoms with Crippen molar-refractivity contribution in [2.45, 2.75) is 38.0 Å². The zero-order valence-corrected chi connectivity index (χ0v) is 13.1. The Morgan fingerprint density at radius 2 is 1.95 bits per heavy atom. The summed E-state index contributed by atoms with van der Waals surface area (Å²) in [6.07, 6.45) is 2.55. The number of hydrogen-bond donors (Lipinski definition) is 0. The van der Waals surface area contributed by atoms with E-state index >= 15 is 0 Å². The molecule has 0 amide bonds. The van der Waals surface area contributed by atoms with Gasteiger partial charge in [0.15, 0.2) is 0 Å². The number of aryl methyl sites for hydroxylation is 1. The minimum Gasteiger partial charge on any atom is -0.258 e. The molecular formula is C13H19FN2O4S. The Hall–Kier alpha value is -1.54. The van der Waals surface area contributed by atoms with Crippen molar-refractivity contribution in [1.82, 2.24) is 4.31 Å². The van der Waals surface area contributed by atoms with Gasteiger partial charge in [-0.1, -0.05) is 19.8 Å². The van der Waals surface area contributed by atoms with Gasteiger partial charge in [0.25, 0.3) is 0 Å². The number of halogens is 1. The van der Waals surface area contributed by atoms with Crippen LogP contribution in [-0.2, 0) is 10.0 Å². The molecule has 0 aliphatic carbocycles. The fourth-order valence-corrected chi connectivity index (χ4v) is 3.20. The zero-order valence-electron chi connectivity index (χ0n) is 12.3. The molecule has 1 aromatic carbocycles. The molecule has 0 aromatic heterocycles. The van der Waals surface area contributed by atoms with Crippen LogP contribution in [0.15, 0.2) is 17.0 Å². The van der Waals surface area contributed by atoms with Crippen molar-refractivity contribution >= 4 is 15.7 Å². The van der Waals surface area contributed by atoms with E-state index in [1.54, 1.807) is 0 Å². The van der Waals surface area contributed by atoms with Crippen molar-refractivity contribution in [3.63, 3.8) is 0 Å². The Bertz CT molecular complexity index is 631. The van der Waals surface area contributed by atoms with Crippen molar-refractivity contribution in [2.75, 3.05) is 13.6 Å². The van der Waals surface area contributed by atoms with E-state index < -0.39 is 26.5 Å². The van der Waals surface area contributed by atoms with Gasteiger partial charge in [0.2, 0.25) is 15.8 Å². The Balaban J connectivity index is 3.17. The Kier molecular flexibility index (Phi) is 5.79. The summed E-state index contributed by atoms with van der Waals surface area (Å²) in [4.78, 5) is 9.62. The van der Waals surface area contributed by atoms with E-state index in [9.17, 15) is 22.9 Å². The van der Waals surface area contributed by atoms with Gasteiger partial charge in [0, 0.05) is 19.7 Å². The third kappa shape index (κ3) is 3.98. The largest absolute Gasteiger partial charge is 0.306 e. The smallest absolute Gasteiger partial charge is 0.258 e. The van der Waals surface area contributed by atoms with Gasteiger partial charge in [0.1, 0.15) is 0 Å². The molecule has 0 fully saturated rings. The van der Waals surface area contributed by atoms with Crippen molar-refractivity contribution < 1.29 is 17.7 Å². The lowest BCUT2D eigenvalue weighted by atomic mass is 10.2. The molecule has 0 aliphatic rings. The quantitative estimate of drug-likeness (QED) is 0.440. The Labute approximate surface area is 123 Å². The van der Waals surface area contributed by atoms with Crippen LogP contribution in [0.2, 0.25) is 0 Å². The number of nitro benzene ring substituents is 1. The SMILES string of the molecule is CCCCCN(C)S(=O)(=O)c1cc(C)c(F)c([N+](=O)[O-])c1. The molecule has 0 N–H and O–H groups in total. The van der Waals surface area contributed by atoms with Crippen LogP contribution in [0.4, 0.5) is 10.1 Å². The number of nitro groups is 1. The van der Waals surface area contributed by atoms with Gasteiger partial charge < -0.3 is 0 Å². The van der Waals surface area contributed by atoms with Gasteiger partial charge in [-0.3, -0.25) is 10.1 Å². The molecular weight excluding hydrogens is 299 g/mol. The maximum absolute atomic E-state index is 13.6. The molecule has 0 atom stereocenters. The number of unbranched alkanes of at least 4 members (excludes halogenated alkanes) is 2. The standard InChI is InChI=1S/C13H19FN2O4S/c1-4-5-6-7-15(3)21(19,20)11-8-10(2)13(14)12(9-11)16(17)18/h8-9H,4-7H2,1-3H3. The van der Waals surface area contributed by atoms with E-state index in [1.165, 1.54) is 14.0 Å². The summed E-state index contributed by atoms with van der Waals surface area (Å²) in [5.74, 6) is -1.01. The topological polar surface area (TPSA) is 80.5 Å². The molecule has 6 nitrogen and oxygen atoms in total. The molecule has 0 spiro atoms. The summed E-state index contributed by atoms with van der Waals surface area (Å²) >= 11 is 0. The summed E-state index contributed by atoms with van der Waals surface area (Å²) in [7, 11) is -2.44. The van der Waals surface area contributed by atoms with Gasteiger partial charge >= 0.3 is 5.69 Å². The minimum atomic E-state index is -3.85. The van der Waals surface area contributed by atoms with Crippen LogP contribution in [0.5, 0.6) is 0 Å². The maximum atomic E-state index is 13.6. The third-order valence-electron chi connectivity index (χ3n) is 3.19. The highest BCUT2D eigenvalue weighted by Crippen LogP contribution is 2.26. The van der Waals surface area contributed by atoms with E-state index in [0.717, 1.165) is 29.3 Å². The molecule has 0 bridgehead atoms. The van der Waals surface area contributed by atoms with Crippen LogP contribution in [0.1, 0.15) is 31.7 Å². The van der Waals surface area contributed by atoms with E-state index in [1.807, 2.05) is 6.92 Å². The molecule has 8 heteroatoms. The van der Waals surface area contributed by atoms with Crippen LogP contribution in [0.25, 0.3) is 0 Å². The van der Waals surface area contributed by atoms with E-state index in [4.69, 9.17) is 0 Å². The molecule has 21 heavy (non-hydrogen) atoms. The molecule has 0 aliphatic heterocycles. The summed E-state index contributed by atoms with van der Waals surface area (Å²) in [5.41, 5.74) is -0.889. The molecule has 0 saturated carbocycles. The molecule has 0 saturated heterocycles. The molecule has 0 heterocycles. The van der Waals surface area contributed by atoms with E-state index in [0.29, 0.717) is 13.0 Å². The number of hydrogen-bond acceptors (Lipinski definition) is 4. The number of benzene rings is 1. The number of sulfonamides is 1. The molecule has 0 unspecified atom stereocenters. The summed E-state index contributed by atoms with van der Waals surface area (Å²) in [6, 6.07) is 1.89. The Morgan fingerprint density at radius 1 is 1.33 bits per heavy atom. The lowest BCUT2D eigenvalue weighted by Gasteiger charge is -2.17. The van der Waals surface area contributed by atoms with Crippen LogP contribution < -0.4 is 0 Å². The highest BCUT2D eigenvalue weighted by Gasteiger charge is 2.26. The van der Waals surface area contributed by atoms with Crippen molar-refractivity contribution in [3.05, 3.63) is 33.6 Å². The molecule has 0 radical (unpaired) electrons. The van der Waals surface area contributed by atoms with Crippen LogP contribution in [-0.4, -0.2) is 31.2 Å². The number of nitrogens with zero attached hydrogens (tertiary/aromatic N) is 2. The second-order valence-corrected chi connectivity index (χ2v) is 6.91. The summed E-state index contributed by atoms with van der Waals surface area (Å²) in [5, 5.41) is 10.8. The van der Waals surface area contributed by atoms with Gasteiger partial charge in [-0.05, 0) is 25.0 Å². The van der Waals surface area contributed by atoms with E-state index in [-0.39, 0.29) is 10.5 Å². The van der Waals surface area contributed by atoms with Crippen LogP contribution in [0.3, 0.4) is 0 Å². The first-order valence-corrected chi connectivity index (χ1v) is 8.06. The normalized spacial score (nSPS) is 11.9. The van der Waals surface area contributed by atoms with E-state index in [2.05, 4.69) is 0 Å². The van der Waals surface area contributed by atoms with Crippen molar-refractivity contribution in [1.29, 1.82) is 0 Å². The van der Waals surface area contributed by atoms with Crippen LogP contribution >= 0.6 is 0 Å². The summed E-state index contributed by atoms with van der Waals surface area (Å²) in [6.45, 7) is 3.63. The highest BCUT2D eigenvalue weighted by molar-refractivity contribution is 7.89. The zero-order chi connectivity index (χ0) is 16.2. The predicted molar refractivity (Wildman–Crippen MR) is 77.1 cm³/mol. The average molecular weight is 318 g/mol. The molecule has 1 rings (SSSR count). The highest BCUT2D eigenvalue weighted by atomic mass is 32.2. The minimum absolute atomic E-state index is 0.0651. The third-order valence-corrected chi connectivity index (χ3v) is 5.02. The second-order valence-electron chi connectivity index (χ2n) is 4.86. The fourth-order valence-electron chi connectivity index (χ4n) is 1.88. The first-order chi connectivity index (χ1) is 9.71. The lowest BCUT2D eigenvalue weighted by Crippen LogP contribution is -2.28. The Morgan fingerprint density at radius 3 is 2.48 bits per heavy atom. The van der Waals surface area contributed by atoms with Gasteiger partial charge in [0.05, 0.1) is 9.82 Å². The summed E-state index contributed by atoms with van der Waals surface area (Å²) < 4.78 is 39.4. The van der Waals surface area contributed by atoms with Crippen molar-refractivity contribution in [2.24, 2.45) is 0 Å². The molecule has 118 valence electrons. The maximum Gasteiger partial charge on any atom is 0.306 e. The lowest BCUT2D eigenvalue weighted by molar-refractivity contribution is -0.387. The monoisotopic (exact) mass is 318 g/mol.